The van der Waals surface area contributed by atoms with Crippen LogP contribution in [-0.2, 0) is 9.53 Å². The molecule has 1 aliphatic heterocycles. The first-order valence-electron chi connectivity index (χ1n) is 4.09. The second kappa shape index (κ2) is 2.47. The summed E-state index contributed by atoms with van der Waals surface area (Å²) in [5, 5.41) is 0. The van der Waals surface area contributed by atoms with Crippen molar-refractivity contribution in [2.45, 2.75) is 42.5 Å². The Bertz CT molecular complexity index is 183. The lowest BCUT2D eigenvalue weighted by atomic mass is 9.79. The second-order valence-corrected chi connectivity index (χ2v) is 4.53. The smallest absolute Gasteiger partial charge is 0.310 e. The van der Waals surface area contributed by atoms with Crippen molar-refractivity contribution < 1.29 is 9.53 Å². The van der Waals surface area contributed by atoms with Gasteiger partial charge in [0.15, 0.2) is 0 Å². The topological polar surface area (TPSA) is 26.3 Å². The Morgan fingerprint density at radius 2 is 2.27 bits per heavy atom. The van der Waals surface area contributed by atoms with Gasteiger partial charge in [-0.3, -0.25) is 4.79 Å². The van der Waals surface area contributed by atoms with Crippen LogP contribution >= 0.6 is 15.9 Å². The fourth-order valence-electron chi connectivity index (χ4n) is 1.94. The summed E-state index contributed by atoms with van der Waals surface area (Å²) >= 11 is 3.57. The van der Waals surface area contributed by atoms with Gasteiger partial charge in [-0.2, -0.15) is 0 Å². The van der Waals surface area contributed by atoms with Crippen molar-refractivity contribution >= 4 is 21.9 Å². The predicted molar refractivity (Wildman–Crippen MR) is 44.6 cm³/mol. The van der Waals surface area contributed by atoms with Crippen molar-refractivity contribution in [3.63, 3.8) is 0 Å². The van der Waals surface area contributed by atoms with Crippen LogP contribution in [0.3, 0.4) is 0 Å². The maximum Gasteiger partial charge on any atom is 0.310 e. The zero-order chi connectivity index (χ0) is 7.90. The minimum Gasteiger partial charge on any atom is -0.457 e. The second-order valence-electron chi connectivity index (χ2n) is 3.43. The molecule has 62 valence electrons. The van der Waals surface area contributed by atoms with Gasteiger partial charge in [0.05, 0.1) is 11.2 Å². The van der Waals surface area contributed by atoms with E-state index in [1.807, 2.05) is 0 Å². The normalized spacial score (nSPS) is 43.4. The molecule has 1 saturated heterocycles. The molecule has 0 unspecified atom stereocenters. The largest absolute Gasteiger partial charge is 0.457 e. The van der Waals surface area contributed by atoms with Crippen LogP contribution in [0.2, 0.25) is 0 Å². The molecule has 0 amide bonds. The summed E-state index contributed by atoms with van der Waals surface area (Å²) < 4.78 is 5.19. The summed E-state index contributed by atoms with van der Waals surface area (Å²) in [6, 6.07) is 0. The van der Waals surface area contributed by atoms with Gasteiger partial charge in [0.2, 0.25) is 0 Å². The Labute approximate surface area is 74.4 Å². The van der Waals surface area contributed by atoms with Gasteiger partial charge in [-0.05, 0) is 19.3 Å². The molecular formula is C8H11BrO2. The van der Waals surface area contributed by atoms with Crippen LogP contribution in [-0.4, -0.2) is 16.4 Å². The van der Waals surface area contributed by atoms with Crippen LogP contribution in [0.25, 0.3) is 0 Å². The van der Waals surface area contributed by atoms with Gasteiger partial charge in [0.1, 0.15) is 5.60 Å². The third-order valence-electron chi connectivity index (χ3n) is 2.64. The maximum absolute atomic E-state index is 10.7. The van der Waals surface area contributed by atoms with Gasteiger partial charge >= 0.3 is 5.97 Å². The Morgan fingerprint density at radius 3 is 2.82 bits per heavy atom. The van der Waals surface area contributed by atoms with Crippen LogP contribution in [0, 0.1) is 0 Å². The SMILES string of the molecule is O=C1C[C@@]2(CCCC[C@@H]2Br)O1. The van der Waals surface area contributed by atoms with E-state index in [-0.39, 0.29) is 11.6 Å². The van der Waals surface area contributed by atoms with Crippen LogP contribution < -0.4 is 0 Å². The number of carbonyl (C=O) groups is 1. The van der Waals surface area contributed by atoms with E-state index in [0.717, 1.165) is 12.8 Å². The van der Waals surface area contributed by atoms with E-state index in [1.165, 1.54) is 12.8 Å². The van der Waals surface area contributed by atoms with Crippen molar-refractivity contribution in [3.8, 4) is 0 Å². The molecule has 2 fully saturated rings. The average molecular weight is 219 g/mol. The van der Waals surface area contributed by atoms with Gasteiger partial charge < -0.3 is 4.74 Å². The molecule has 0 aromatic rings. The Morgan fingerprint density at radius 1 is 1.55 bits per heavy atom. The van der Waals surface area contributed by atoms with Crippen LogP contribution in [0.15, 0.2) is 0 Å². The fraction of sp³-hybridized carbons (Fsp3) is 0.875. The number of carbonyl (C=O) groups excluding carboxylic acids is 1. The Hall–Kier alpha value is -0.0500. The highest BCUT2D eigenvalue weighted by molar-refractivity contribution is 9.09. The molecule has 2 nitrogen and oxygen atoms in total. The molecular weight excluding hydrogens is 208 g/mol. The number of hydrogen-bond donors (Lipinski definition) is 0. The molecule has 1 aliphatic carbocycles. The summed E-state index contributed by atoms with van der Waals surface area (Å²) in [7, 11) is 0. The lowest BCUT2D eigenvalue weighted by molar-refractivity contribution is -0.195. The van der Waals surface area contributed by atoms with Crippen molar-refractivity contribution in [1.82, 2.24) is 0 Å². The number of alkyl halides is 1. The average Bonchev–Trinajstić information content (AvgIpc) is 1.92. The van der Waals surface area contributed by atoms with Crippen LogP contribution in [0.1, 0.15) is 32.1 Å². The highest BCUT2D eigenvalue weighted by Gasteiger charge is 2.51. The molecule has 1 spiro atoms. The van der Waals surface area contributed by atoms with Gasteiger partial charge in [-0.15, -0.1) is 0 Å². The van der Waals surface area contributed by atoms with E-state index in [9.17, 15) is 4.79 Å². The fourth-order valence-corrected chi connectivity index (χ4v) is 2.75. The summed E-state index contributed by atoms with van der Waals surface area (Å²) in [6.45, 7) is 0. The van der Waals surface area contributed by atoms with Crippen molar-refractivity contribution in [2.75, 3.05) is 0 Å². The summed E-state index contributed by atoms with van der Waals surface area (Å²) in [4.78, 5) is 11.1. The van der Waals surface area contributed by atoms with E-state index in [2.05, 4.69) is 15.9 Å². The number of hydrogen-bond acceptors (Lipinski definition) is 2. The number of rotatable bonds is 0. The van der Waals surface area contributed by atoms with Gasteiger partial charge in [0, 0.05) is 0 Å². The van der Waals surface area contributed by atoms with Gasteiger partial charge in [-0.1, -0.05) is 22.4 Å². The Kier molecular flexibility index (Phi) is 1.71. The maximum atomic E-state index is 10.7. The van der Waals surface area contributed by atoms with E-state index in [1.54, 1.807) is 0 Å². The molecule has 2 aliphatic rings. The molecule has 0 aromatic heterocycles. The van der Waals surface area contributed by atoms with Crippen molar-refractivity contribution in [2.24, 2.45) is 0 Å². The van der Waals surface area contributed by atoms with Crippen LogP contribution in [0.4, 0.5) is 0 Å². The van der Waals surface area contributed by atoms with Crippen molar-refractivity contribution in [1.29, 1.82) is 0 Å². The first-order chi connectivity index (χ1) is 5.23. The quantitative estimate of drug-likeness (QED) is 0.460. The van der Waals surface area contributed by atoms with E-state index < -0.39 is 0 Å². The third kappa shape index (κ3) is 1.10. The molecule has 1 heterocycles. The summed E-state index contributed by atoms with van der Waals surface area (Å²) in [5.74, 6) is -0.0312. The predicted octanol–water partition coefficient (Wildman–Crippen LogP) is 2.01. The highest BCUT2D eigenvalue weighted by Crippen LogP contribution is 2.44. The number of halogens is 1. The molecule has 11 heavy (non-hydrogen) atoms. The minimum atomic E-state index is -0.102. The molecule has 0 bridgehead atoms. The molecule has 3 heteroatoms. The summed E-state index contributed by atoms with van der Waals surface area (Å²) in [5.41, 5.74) is -0.102. The molecule has 2 atom stereocenters. The van der Waals surface area contributed by atoms with E-state index in [4.69, 9.17) is 4.74 Å². The molecule has 0 radical (unpaired) electrons. The molecule has 0 N–H and O–H groups in total. The lowest BCUT2D eigenvalue weighted by Crippen LogP contribution is -2.55. The first kappa shape index (κ1) is 7.59. The minimum absolute atomic E-state index is 0.0312. The lowest BCUT2D eigenvalue weighted by Gasteiger charge is -2.46. The van der Waals surface area contributed by atoms with Gasteiger partial charge in [0.25, 0.3) is 0 Å². The molecule has 1 saturated carbocycles. The molecule has 2 rings (SSSR count). The van der Waals surface area contributed by atoms with E-state index in [0.29, 0.717) is 11.2 Å². The Balaban J connectivity index is 2.05. The monoisotopic (exact) mass is 218 g/mol. The molecule has 0 aromatic carbocycles. The van der Waals surface area contributed by atoms with Crippen molar-refractivity contribution in [3.05, 3.63) is 0 Å². The van der Waals surface area contributed by atoms with Crippen LogP contribution in [0.5, 0.6) is 0 Å². The highest BCUT2D eigenvalue weighted by atomic mass is 79.9. The first-order valence-corrected chi connectivity index (χ1v) is 5.00. The van der Waals surface area contributed by atoms with Gasteiger partial charge in [-0.25, -0.2) is 0 Å². The third-order valence-corrected chi connectivity index (χ3v) is 3.93. The standard InChI is InChI=1S/C8H11BrO2/c9-6-3-1-2-4-8(6)5-7(10)11-8/h6H,1-5H2/t6-,8+/m0/s1. The zero-order valence-electron chi connectivity index (χ0n) is 6.31. The zero-order valence-corrected chi connectivity index (χ0v) is 7.89. The summed E-state index contributed by atoms with van der Waals surface area (Å²) in [6.07, 6.45) is 5.29. The number of esters is 1. The number of ether oxygens (including phenoxy) is 1. The van der Waals surface area contributed by atoms with E-state index >= 15 is 0 Å².